The minimum absolute atomic E-state index is 0.0734. The number of hydrogen-bond donors (Lipinski definition) is 2. The zero-order valence-electron chi connectivity index (χ0n) is 19.0. The van der Waals surface area contributed by atoms with Crippen LogP contribution in [-0.2, 0) is 22.3 Å². The largest absolute Gasteiger partial charge is 0.462 e. The fourth-order valence-corrected chi connectivity index (χ4v) is 3.98. The van der Waals surface area contributed by atoms with E-state index in [-0.39, 0.29) is 36.4 Å². The normalized spacial score (nSPS) is 18.1. The average Bonchev–Trinajstić information content (AvgIpc) is 2.82. The van der Waals surface area contributed by atoms with Crippen molar-refractivity contribution in [2.24, 2.45) is 5.92 Å². The third-order valence-electron chi connectivity index (χ3n) is 5.79. The molecule has 2 aromatic carbocycles. The van der Waals surface area contributed by atoms with Gasteiger partial charge in [-0.15, -0.1) is 0 Å². The van der Waals surface area contributed by atoms with E-state index in [2.05, 4.69) is 10.6 Å². The Morgan fingerprint density at radius 1 is 1.00 bits per heavy atom. The molecule has 0 atom stereocenters. The van der Waals surface area contributed by atoms with Crippen LogP contribution in [-0.4, -0.2) is 31.3 Å². The molecule has 2 N–H and O–H groups in total. The van der Waals surface area contributed by atoms with Crippen molar-refractivity contribution >= 4 is 17.7 Å². The first-order valence-electron chi connectivity index (χ1n) is 11.4. The van der Waals surface area contributed by atoms with Crippen LogP contribution in [0.1, 0.15) is 54.1 Å². The van der Waals surface area contributed by atoms with Gasteiger partial charge in [-0.05, 0) is 62.3 Å². The molecule has 9 heteroatoms. The van der Waals surface area contributed by atoms with Crippen molar-refractivity contribution in [2.75, 3.05) is 18.5 Å². The van der Waals surface area contributed by atoms with Gasteiger partial charge in [-0.3, -0.25) is 0 Å². The Morgan fingerprint density at radius 2 is 1.71 bits per heavy atom. The summed E-state index contributed by atoms with van der Waals surface area (Å²) in [6, 6.07) is 12.4. The highest BCUT2D eigenvalue weighted by Gasteiger charge is 2.35. The van der Waals surface area contributed by atoms with Gasteiger partial charge in [-0.2, -0.15) is 13.2 Å². The Labute approximate surface area is 196 Å². The van der Waals surface area contributed by atoms with E-state index in [1.54, 1.807) is 6.92 Å². The summed E-state index contributed by atoms with van der Waals surface area (Å²) in [5.41, 5.74) is 0.0355. The van der Waals surface area contributed by atoms with Gasteiger partial charge in [-0.1, -0.05) is 30.3 Å². The number of esters is 1. The quantitative estimate of drug-likeness (QED) is 0.471. The third-order valence-corrected chi connectivity index (χ3v) is 5.79. The first-order chi connectivity index (χ1) is 16.3. The van der Waals surface area contributed by atoms with Crippen LogP contribution >= 0.6 is 0 Å². The van der Waals surface area contributed by atoms with Crippen molar-refractivity contribution in [2.45, 2.75) is 51.4 Å². The number of benzene rings is 2. The van der Waals surface area contributed by atoms with Crippen LogP contribution in [0.5, 0.6) is 0 Å². The Kier molecular flexibility index (Phi) is 8.79. The van der Waals surface area contributed by atoms with Gasteiger partial charge >= 0.3 is 18.2 Å². The standard InChI is InChI=1S/C25H29F3N2O4/c1-2-33-23(31)19-10-13-21(25(26,27)28)22(14-19)30-20-11-8-17(9-12-20)15-29-24(32)34-16-18-6-4-3-5-7-18/h3-7,10,13-14,17,20,30H,2,8-9,11-12,15-16H2,1H3,(H,29,32). The molecular formula is C25H29F3N2O4. The molecule has 0 saturated heterocycles. The number of ether oxygens (including phenoxy) is 2. The van der Waals surface area contributed by atoms with Gasteiger partial charge < -0.3 is 20.1 Å². The second-order valence-corrected chi connectivity index (χ2v) is 8.28. The van der Waals surface area contributed by atoms with Crippen molar-refractivity contribution in [1.29, 1.82) is 0 Å². The number of hydrogen-bond acceptors (Lipinski definition) is 5. The van der Waals surface area contributed by atoms with Gasteiger partial charge in [0.25, 0.3) is 0 Å². The highest BCUT2D eigenvalue weighted by molar-refractivity contribution is 5.91. The van der Waals surface area contributed by atoms with E-state index in [9.17, 15) is 22.8 Å². The molecule has 0 aliphatic heterocycles. The van der Waals surface area contributed by atoms with Gasteiger partial charge in [0.05, 0.1) is 17.7 Å². The number of rotatable bonds is 8. The average molecular weight is 479 g/mol. The van der Waals surface area contributed by atoms with E-state index in [0.717, 1.165) is 30.5 Å². The fourth-order valence-electron chi connectivity index (χ4n) is 3.98. The number of carbonyl (C=O) groups is 2. The van der Waals surface area contributed by atoms with Gasteiger partial charge in [-0.25, -0.2) is 9.59 Å². The molecule has 0 spiro atoms. The van der Waals surface area contributed by atoms with E-state index in [0.29, 0.717) is 19.4 Å². The van der Waals surface area contributed by atoms with E-state index < -0.39 is 23.8 Å². The van der Waals surface area contributed by atoms with E-state index in [4.69, 9.17) is 9.47 Å². The molecule has 6 nitrogen and oxygen atoms in total. The summed E-state index contributed by atoms with van der Waals surface area (Å²) in [4.78, 5) is 23.9. The summed E-state index contributed by atoms with van der Waals surface area (Å²) in [6.07, 6.45) is -2.25. The molecule has 184 valence electrons. The highest BCUT2D eigenvalue weighted by Crippen LogP contribution is 2.37. The molecular weight excluding hydrogens is 449 g/mol. The van der Waals surface area contributed by atoms with E-state index in [1.807, 2.05) is 30.3 Å². The molecule has 1 fully saturated rings. The van der Waals surface area contributed by atoms with Crippen molar-refractivity contribution in [1.82, 2.24) is 5.32 Å². The number of carbonyl (C=O) groups excluding carboxylic acids is 2. The Morgan fingerprint density at radius 3 is 2.35 bits per heavy atom. The van der Waals surface area contributed by atoms with Crippen LogP contribution < -0.4 is 10.6 Å². The summed E-state index contributed by atoms with van der Waals surface area (Å²) in [6.45, 7) is 2.42. The molecule has 3 rings (SSSR count). The fraction of sp³-hybridized carbons (Fsp3) is 0.440. The number of alkyl halides is 3. The molecule has 0 aromatic heterocycles. The molecule has 0 unspecified atom stereocenters. The van der Waals surface area contributed by atoms with Crippen molar-refractivity contribution in [3.8, 4) is 0 Å². The zero-order chi connectivity index (χ0) is 24.6. The summed E-state index contributed by atoms with van der Waals surface area (Å²) in [5.74, 6) is -0.441. The number of alkyl carbamates (subject to hydrolysis) is 1. The second-order valence-electron chi connectivity index (χ2n) is 8.28. The minimum atomic E-state index is -4.54. The monoisotopic (exact) mass is 478 g/mol. The summed E-state index contributed by atoms with van der Waals surface area (Å²) in [7, 11) is 0. The van der Waals surface area contributed by atoms with Crippen molar-refractivity contribution in [3.63, 3.8) is 0 Å². The Balaban J connectivity index is 1.50. The molecule has 1 aliphatic carbocycles. The SMILES string of the molecule is CCOC(=O)c1ccc(C(F)(F)F)c(NC2CCC(CNC(=O)OCc3ccccc3)CC2)c1. The molecule has 1 saturated carbocycles. The zero-order valence-corrected chi connectivity index (χ0v) is 19.0. The maximum absolute atomic E-state index is 13.5. The molecule has 34 heavy (non-hydrogen) atoms. The summed E-state index contributed by atoms with van der Waals surface area (Å²) in [5, 5.41) is 5.74. The summed E-state index contributed by atoms with van der Waals surface area (Å²) >= 11 is 0. The third kappa shape index (κ3) is 7.40. The Hall–Kier alpha value is -3.23. The predicted octanol–water partition coefficient (Wildman–Crippen LogP) is 5.78. The van der Waals surface area contributed by atoms with Crippen molar-refractivity contribution in [3.05, 3.63) is 65.2 Å². The van der Waals surface area contributed by atoms with Crippen LogP contribution in [0.2, 0.25) is 0 Å². The lowest BCUT2D eigenvalue weighted by Gasteiger charge is -2.30. The topological polar surface area (TPSA) is 76.7 Å². The lowest BCUT2D eigenvalue weighted by Crippen LogP contribution is -2.34. The van der Waals surface area contributed by atoms with Crippen molar-refractivity contribution < 1.29 is 32.2 Å². The molecule has 1 aliphatic rings. The van der Waals surface area contributed by atoms with Crippen LogP contribution in [0, 0.1) is 5.92 Å². The molecule has 0 heterocycles. The van der Waals surface area contributed by atoms with Crippen LogP contribution in [0.15, 0.2) is 48.5 Å². The lowest BCUT2D eigenvalue weighted by atomic mass is 9.85. The highest BCUT2D eigenvalue weighted by atomic mass is 19.4. The van der Waals surface area contributed by atoms with Gasteiger partial charge in [0.15, 0.2) is 0 Å². The maximum atomic E-state index is 13.5. The van der Waals surface area contributed by atoms with Crippen LogP contribution in [0.3, 0.4) is 0 Å². The minimum Gasteiger partial charge on any atom is -0.462 e. The molecule has 2 aromatic rings. The Bertz CT molecular complexity index is 958. The van der Waals surface area contributed by atoms with Crippen LogP contribution in [0.4, 0.5) is 23.7 Å². The van der Waals surface area contributed by atoms with E-state index in [1.165, 1.54) is 6.07 Å². The smallest absolute Gasteiger partial charge is 0.418 e. The lowest BCUT2D eigenvalue weighted by molar-refractivity contribution is -0.137. The number of amides is 1. The number of nitrogens with one attached hydrogen (secondary N) is 2. The summed E-state index contributed by atoms with van der Waals surface area (Å²) < 4.78 is 50.6. The van der Waals surface area contributed by atoms with Gasteiger partial charge in [0.1, 0.15) is 6.61 Å². The molecule has 0 bridgehead atoms. The van der Waals surface area contributed by atoms with E-state index >= 15 is 0 Å². The first kappa shape index (κ1) is 25.4. The predicted molar refractivity (Wildman–Crippen MR) is 121 cm³/mol. The second kappa shape index (κ2) is 11.8. The van der Waals surface area contributed by atoms with Gasteiger partial charge in [0, 0.05) is 18.3 Å². The number of halogens is 3. The molecule has 0 radical (unpaired) electrons. The van der Waals surface area contributed by atoms with Crippen LogP contribution in [0.25, 0.3) is 0 Å². The maximum Gasteiger partial charge on any atom is 0.418 e. The molecule has 1 amide bonds. The number of anilines is 1. The van der Waals surface area contributed by atoms with Gasteiger partial charge in [0.2, 0.25) is 0 Å². The first-order valence-corrected chi connectivity index (χ1v) is 11.4.